The summed E-state index contributed by atoms with van der Waals surface area (Å²) >= 11 is 0. The van der Waals surface area contributed by atoms with E-state index < -0.39 is 0 Å². The molecular formula is C21H19NO. The molecule has 2 aromatic carbocycles. The second kappa shape index (κ2) is 4.36. The Bertz CT molecular complexity index is 951. The van der Waals surface area contributed by atoms with Crippen LogP contribution >= 0.6 is 0 Å². The Morgan fingerprint density at radius 1 is 1.13 bits per heavy atom. The van der Waals surface area contributed by atoms with Gasteiger partial charge in [-0.1, -0.05) is 55.5 Å². The average Bonchev–Trinajstić information content (AvgIpc) is 3.26. The maximum absolute atomic E-state index is 6.33. The first-order valence-electron chi connectivity index (χ1n) is 8.28. The van der Waals surface area contributed by atoms with Gasteiger partial charge in [0.15, 0.2) is 0 Å². The number of hydrogen-bond acceptors (Lipinski definition) is 1. The summed E-state index contributed by atoms with van der Waals surface area (Å²) in [5, 5.41) is 1.31. The summed E-state index contributed by atoms with van der Waals surface area (Å²) in [6.07, 6.45) is 7.81. The Morgan fingerprint density at radius 2 is 1.96 bits per heavy atom. The van der Waals surface area contributed by atoms with Crippen LogP contribution in [0.4, 0.5) is 0 Å². The highest BCUT2D eigenvalue weighted by Gasteiger charge is 2.47. The molecule has 2 unspecified atom stereocenters. The van der Waals surface area contributed by atoms with Crippen LogP contribution in [0.25, 0.3) is 22.0 Å². The van der Waals surface area contributed by atoms with E-state index in [1.807, 2.05) is 0 Å². The summed E-state index contributed by atoms with van der Waals surface area (Å²) in [6.45, 7) is 2.21. The molecule has 0 radical (unpaired) electrons. The zero-order valence-electron chi connectivity index (χ0n) is 13.4. The van der Waals surface area contributed by atoms with E-state index in [-0.39, 0.29) is 11.7 Å². The summed E-state index contributed by atoms with van der Waals surface area (Å²) in [5.74, 6) is 0. The molecule has 23 heavy (non-hydrogen) atoms. The number of rotatable bonds is 2. The first-order valence-corrected chi connectivity index (χ1v) is 8.28. The summed E-state index contributed by atoms with van der Waals surface area (Å²) < 4.78 is 8.60. The Balaban J connectivity index is 1.85. The molecule has 2 aliphatic heterocycles. The van der Waals surface area contributed by atoms with E-state index in [0.717, 1.165) is 6.42 Å². The topological polar surface area (TPSA) is 14.2 Å². The molecule has 0 saturated carbocycles. The molecule has 2 atom stereocenters. The number of nitrogens with zero attached hydrogens (tertiary/aromatic N) is 1. The van der Waals surface area contributed by atoms with Crippen LogP contribution in [-0.2, 0) is 17.4 Å². The summed E-state index contributed by atoms with van der Waals surface area (Å²) in [5.41, 5.74) is 6.35. The number of aryl methyl sites for hydroxylation is 1. The van der Waals surface area contributed by atoms with Crippen LogP contribution in [0.1, 0.15) is 30.6 Å². The quantitative estimate of drug-likeness (QED) is 0.601. The van der Waals surface area contributed by atoms with E-state index in [1.54, 1.807) is 0 Å². The molecule has 2 bridgehead atoms. The summed E-state index contributed by atoms with van der Waals surface area (Å²) in [4.78, 5) is 0. The van der Waals surface area contributed by atoms with E-state index in [0.29, 0.717) is 0 Å². The van der Waals surface area contributed by atoms with Crippen LogP contribution in [0.2, 0.25) is 0 Å². The predicted octanol–water partition coefficient (Wildman–Crippen LogP) is 5.09. The van der Waals surface area contributed by atoms with Gasteiger partial charge < -0.3 is 9.30 Å². The van der Waals surface area contributed by atoms with Gasteiger partial charge in [-0.15, -0.1) is 0 Å². The van der Waals surface area contributed by atoms with Crippen molar-refractivity contribution < 1.29 is 4.74 Å². The number of ether oxygens (including phenoxy) is 1. The predicted molar refractivity (Wildman–Crippen MR) is 93.3 cm³/mol. The number of aromatic nitrogens is 1. The third kappa shape index (κ3) is 1.57. The molecule has 114 valence electrons. The Kier molecular flexibility index (Phi) is 2.49. The van der Waals surface area contributed by atoms with Crippen molar-refractivity contribution in [2.75, 3.05) is 0 Å². The molecule has 2 nitrogen and oxygen atoms in total. The fourth-order valence-corrected chi connectivity index (χ4v) is 4.28. The van der Waals surface area contributed by atoms with E-state index in [4.69, 9.17) is 4.74 Å². The van der Waals surface area contributed by atoms with Gasteiger partial charge in [0.1, 0.15) is 11.7 Å². The lowest BCUT2D eigenvalue weighted by molar-refractivity contribution is -0.00469. The fraction of sp³-hybridized carbons (Fsp3) is 0.238. The third-order valence-corrected chi connectivity index (χ3v) is 5.39. The number of hydrogen-bond donors (Lipinski definition) is 0. The van der Waals surface area contributed by atoms with Crippen LogP contribution in [0.5, 0.6) is 0 Å². The third-order valence-electron chi connectivity index (χ3n) is 5.39. The lowest BCUT2D eigenvalue weighted by atomic mass is 9.83. The van der Waals surface area contributed by atoms with Crippen molar-refractivity contribution in [3.05, 3.63) is 71.9 Å². The lowest BCUT2D eigenvalue weighted by Gasteiger charge is -2.23. The van der Waals surface area contributed by atoms with Crippen molar-refractivity contribution in [1.29, 1.82) is 0 Å². The molecule has 1 aromatic heterocycles. The van der Waals surface area contributed by atoms with Crippen molar-refractivity contribution >= 4 is 10.9 Å². The molecule has 0 amide bonds. The van der Waals surface area contributed by atoms with Crippen molar-refractivity contribution in [3.63, 3.8) is 0 Å². The van der Waals surface area contributed by atoms with Crippen LogP contribution < -0.4 is 0 Å². The average molecular weight is 301 g/mol. The lowest BCUT2D eigenvalue weighted by Crippen LogP contribution is -2.20. The highest BCUT2D eigenvalue weighted by atomic mass is 16.5. The second-order valence-electron chi connectivity index (χ2n) is 6.59. The normalized spacial score (nSPS) is 24.5. The minimum atomic E-state index is -0.237. The van der Waals surface area contributed by atoms with Crippen molar-refractivity contribution in [1.82, 2.24) is 4.57 Å². The van der Waals surface area contributed by atoms with E-state index >= 15 is 0 Å². The summed E-state index contributed by atoms with van der Waals surface area (Å²) in [7, 11) is 2.15. The first kappa shape index (κ1) is 13.1. The van der Waals surface area contributed by atoms with Gasteiger partial charge >= 0.3 is 0 Å². The van der Waals surface area contributed by atoms with Crippen molar-refractivity contribution in [2.45, 2.75) is 25.0 Å². The number of benzene rings is 2. The van der Waals surface area contributed by atoms with Crippen molar-refractivity contribution in [3.8, 4) is 11.1 Å². The smallest absolute Gasteiger partial charge is 0.115 e. The fourth-order valence-electron chi connectivity index (χ4n) is 4.28. The van der Waals surface area contributed by atoms with Crippen LogP contribution in [0.15, 0.2) is 60.8 Å². The standard InChI is InChI=1S/C21H19NO/c1-3-21-12-11-18(23-21)16-10-9-15-17(14-7-5-4-6-8-14)13-22(2)20(15)19(16)21/h4-13,18H,3H2,1-2H3. The molecule has 3 aromatic rings. The highest BCUT2D eigenvalue weighted by Crippen LogP contribution is 2.54. The molecule has 0 aliphatic carbocycles. The zero-order chi connectivity index (χ0) is 15.6. The minimum absolute atomic E-state index is 0.129. The SMILES string of the molecule is CCC12C=CC(O1)c1ccc3c(-c4ccccc4)cn(C)c3c12. The number of fused-ring (bicyclic) bond motifs is 7. The van der Waals surface area contributed by atoms with Gasteiger partial charge in [-0.25, -0.2) is 0 Å². The van der Waals surface area contributed by atoms with Gasteiger partial charge in [-0.2, -0.15) is 0 Å². The largest absolute Gasteiger partial charge is 0.354 e. The van der Waals surface area contributed by atoms with Gasteiger partial charge in [0.2, 0.25) is 0 Å². The summed E-state index contributed by atoms with van der Waals surface area (Å²) in [6, 6.07) is 15.1. The van der Waals surface area contributed by atoms with E-state index in [1.165, 1.54) is 33.2 Å². The van der Waals surface area contributed by atoms with Gasteiger partial charge in [0, 0.05) is 29.8 Å². The van der Waals surface area contributed by atoms with Gasteiger partial charge in [0.05, 0.1) is 5.52 Å². The molecule has 0 fully saturated rings. The van der Waals surface area contributed by atoms with E-state index in [9.17, 15) is 0 Å². The second-order valence-corrected chi connectivity index (χ2v) is 6.59. The van der Waals surface area contributed by atoms with Gasteiger partial charge in [0.25, 0.3) is 0 Å². The molecule has 3 heterocycles. The highest BCUT2D eigenvalue weighted by molar-refractivity contribution is 5.99. The molecule has 2 aliphatic rings. The zero-order valence-corrected chi connectivity index (χ0v) is 13.4. The Labute approximate surface area is 136 Å². The molecule has 2 heteroatoms. The minimum Gasteiger partial charge on any atom is -0.354 e. The van der Waals surface area contributed by atoms with Gasteiger partial charge in [-0.05, 0) is 23.6 Å². The maximum Gasteiger partial charge on any atom is 0.115 e. The molecule has 0 saturated heterocycles. The monoisotopic (exact) mass is 301 g/mol. The van der Waals surface area contributed by atoms with Crippen LogP contribution in [0, 0.1) is 0 Å². The Morgan fingerprint density at radius 3 is 2.74 bits per heavy atom. The molecule has 5 rings (SSSR count). The van der Waals surface area contributed by atoms with Crippen LogP contribution in [-0.4, -0.2) is 4.57 Å². The molecular weight excluding hydrogens is 282 g/mol. The van der Waals surface area contributed by atoms with E-state index in [2.05, 4.69) is 79.4 Å². The Hall–Kier alpha value is -2.32. The molecule has 0 spiro atoms. The van der Waals surface area contributed by atoms with Crippen molar-refractivity contribution in [2.24, 2.45) is 7.05 Å². The van der Waals surface area contributed by atoms with Crippen LogP contribution in [0.3, 0.4) is 0 Å². The molecule has 0 N–H and O–H groups in total. The first-order chi connectivity index (χ1) is 11.2. The van der Waals surface area contributed by atoms with Gasteiger partial charge in [-0.3, -0.25) is 0 Å². The maximum atomic E-state index is 6.33.